The summed E-state index contributed by atoms with van der Waals surface area (Å²) in [6.07, 6.45) is 4.82. The van der Waals surface area contributed by atoms with Crippen molar-refractivity contribution in [2.45, 2.75) is 18.3 Å². The second kappa shape index (κ2) is 2.31. The zero-order valence-electron chi connectivity index (χ0n) is 6.49. The lowest BCUT2D eigenvalue weighted by atomic mass is 10.0. The molecule has 56 valence electrons. The zero-order valence-corrected chi connectivity index (χ0v) is 6.49. The minimum atomic E-state index is -0.395. The summed E-state index contributed by atoms with van der Waals surface area (Å²) >= 11 is 0. The van der Waals surface area contributed by atoms with Gasteiger partial charge in [-0.1, -0.05) is 5.46 Å². The van der Waals surface area contributed by atoms with Gasteiger partial charge in [-0.3, -0.25) is 0 Å². The molecule has 0 N–H and O–H groups in total. The van der Waals surface area contributed by atoms with Crippen LogP contribution in [0.3, 0.4) is 0 Å². The molecule has 0 spiro atoms. The van der Waals surface area contributed by atoms with Crippen LogP contribution in [0.5, 0.6) is 0 Å². The first kappa shape index (κ1) is 7.29. The maximum Gasteiger partial charge on any atom is 0.148 e. The number of aromatic nitrogens is 2. The highest BCUT2D eigenvalue weighted by Gasteiger charge is 2.47. The van der Waals surface area contributed by atoms with E-state index in [-0.39, 0.29) is 0 Å². The number of hydrogen-bond acceptors (Lipinski definition) is 3. The molecule has 0 saturated heterocycles. The highest BCUT2D eigenvalue weighted by Crippen LogP contribution is 2.45. The molecule has 0 atom stereocenters. The van der Waals surface area contributed by atoms with Crippen LogP contribution in [-0.2, 0) is 5.41 Å². The molecule has 2 rings (SSSR count). The lowest BCUT2D eigenvalue weighted by Gasteiger charge is -2.02. The van der Waals surface area contributed by atoms with E-state index in [1.807, 2.05) is 0 Å². The molecule has 0 aliphatic heterocycles. The Morgan fingerprint density at radius 2 is 2.00 bits per heavy atom. The van der Waals surface area contributed by atoms with Crippen LogP contribution in [0.25, 0.3) is 0 Å². The van der Waals surface area contributed by atoms with Crippen molar-refractivity contribution in [2.75, 3.05) is 0 Å². The van der Waals surface area contributed by atoms with E-state index in [2.05, 4.69) is 16.0 Å². The predicted molar refractivity (Wildman–Crippen MR) is 43.9 cm³/mol. The molecule has 1 heterocycles. The van der Waals surface area contributed by atoms with Crippen LogP contribution in [-0.4, -0.2) is 17.8 Å². The van der Waals surface area contributed by atoms with Crippen molar-refractivity contribution in [3.63, 3.8) is 0 Å². The Kier molecular flexibility index (Phi) is 1.40. The fourth-order valence-electron chi connectivity index (χ4n) is 1.10. The van der Waals surface area contributed by atoms with Crippen LogP contribution in [0.2, 0.25) is 0 Å². The van der Waals surface area contributed by atoms with Gasteiger partial charge in [-0.15, -0.1) is 0 Å². The SMILES string of the molecule is [B]c1cnc(C2(C#N)CC2)nc1. The summed E-state index contributed by atoms with van der Waals surface area (Å²) in [4.78, 5) is 8.05. The van der Waals surface area contributed by atoms with Gasteiger partial charge in [-0.2, -0.15) is 5.26 Å². The number of hydrogen-bond donors (Lipinski definition) is 0. The molecule has 12 heavy (non-hydrogen) atoms. The predicted octanol–water partition coefficient (Wildman–Crippen LogP) is -0.174. The van der Waals surface area contributed by atoms with Crippen LogP contribution < -0.4 is 5.46 Å². The molecular formula is C8H6BN3. The molecule has 1 aliphatic carbocycles. The normalized spacial score (nSPS) is 18.2. The Balaban J connectivity index is 2.37. The van der Waals surface area contributed by atoms with Gasteiger partial charge in [0.15, 0.2) is 0 Å². The van der Waals surface area contributed by atoms with E-state index >= 15 is 0 Å². The van der Waals surface area contributed by atoms with Gasteiger partial charge in [0.2, 0.25) is 0 Å². The Labute approximate surface area is 71.9 Å². The topological polar surface area (TPSA) is 49.6 Å². The molecule has 0 amide bonds. The van der Waals surface area contributed by atoms with E-state index < -0.39 is 5.41 Å². The van der Waals surface area contributed by atoms with Crippen LogP contribution in [0.1, 0.15) is 18.7 Å². The molecule has 3 nitrogen and oxygen atoms in total. The second-order valence-electron chi connectivity index (χ2n) is 3.03. The van der Waals surface area contributed by atoms with Crippen molar-refractivity contribution < 1.29 is 0 Å². The highest BCUT2D eigenvalue weighted by atomic mass is 14.9. The van der Waals surface area contributed by atoms with Gasteiger partial charge in [0, 0.05) is 12.4 Å². The summed E-state index contributed by atoms with van der Waals surface area (Å²) in [6, 6.07) is 2.22. The first-order valence-corrected chi connectivity index (χ1v) is 3.76. The van der Waals surface area contributed by atoms with Gasteiger partial charge in [0.05, 0.1) is 6.07 Å². The van der Waals surface area contributed by atoms with E-state index in [9.17, 15) is 0 Å². The van der Waals surface area contributed by atoms with Crippen molar-refractivity contribution in [2.24, 2.45) is 0 Å². The summed E-state index contributed by atoms with van der Waals surface area (Å²) in [6.45, 7) is 0. The summed E-state index contributed by atoms with van der Waals surface area (Å²) < 4.78 is 0. The Hall–Kier alpha value is -1.37. The van der Waals surface area contributed by atoms with E-state index in [0.717, 1.165) is 12.8 Å². The Bertz CT molecular complexity index is 334. The second-order valence-corrected chi connectivity index (χ2v) is 3.03. The van der Waals surface area contributed by atoms with Gasteiger partial charge >= 0.3 is 0 Å². The molecule has 1 saturated carbocycles. The Morgan fingerprint density at radius 1 is 1.42 bits per heavy atom. The third-order valence-electron chi connectivity index (χ3n) is 2.06. The highest BCUT2D eigenvalue weighted by molar-refractivity contribution is 6.31. The third kappa shape index (κ3) is 0.982. The lowest BCUT2D eigenvalue weighted by Crippen LogP contribution is -2.13. The fourth-order valence-corrected chi connectivity index (χ4v) is 1.10. The van der Waals surface area contributed by atoms with Crippen molar-refractivity contribution >= 4 is 13.3 Å². The molecule has 0 unspecified atom stereocenters. The summed E-state index contributed by atoms with van der Waals surface area (Å²) in [5, 5.41) is 8.82. The molecule has 4 heteroatoms. The average Bonchev–Trinajstić information content (AvgIpc) is 2.86. The van der Waals surface area contributed by atoms with E-state index in [1.165, 1.54) is 0 Å². The molecule has 2 radical (unpaired) electrons. The van der Waals surface area contributed by atoms with Gasteiger partial charge < -0.3 is 0 Å². The molecule has 0 aromatic carbocycles. The largest absolute Gasteiger partial charge is 0.240 e. The molecule has 1 fully saturated rings. The number of rotatable bonds is 1. The van der Waals surface area contributed by atoms with E-state index in [0.29, 0.717) is 11.3 Å². The van der Waals surface area contributed by atoms with Gasteiger partial charge in [0.1, 0.15) is 19.1 Å². The smallest absolute Gasteiger partial charge is 0.148 e. The monoisotopic (exact) mass is 155 g/mol. The first-order valence-electron chi connectivity index (χ1n) is 3.76. The van der Waals surface area contributed by atoms with Crippen LogP contribution >= 0.6 is 0 Å². The first-order chi connectivity index (χ1) is 5.77. The maximum atomic E-state index is 8.82. The van der Waals surface area contributed by atoms with Crippen molar-refractivity contribution in [1.82, 2.24) is 9.97 Å². The van der Waals surface area contributed by atoms with E-state index in [4.69, 9.17) is 13.1 Å². The summed E-state index contributed by atoms with van der Waals surface area (Å²) in [5.74, 6) is 0.610. The third-order valence-corrected chi connectivity index (χ3v) is 2.06. The van der Waals surface area contributed by atoms with Crippen LogP contribution in [0.15, 0.2) is 12.4 Å². The van der Waals surface area contributed by atoms with Crippen molar-refractivity contribution in [3.05, 3.63) is 18.2 Å². The number of nitrogens with zero attached hydrogens (tertiary/aromatic N) is 3. The molecule has 1 aromatic rings. The average molecular weight is 155 g/mol. The molecule has 1 aliphatic rings. The van der Waals surface area contributed by atoms with E-state index in [1.54, 1.807) is 12.4 Å². The van der Waals surface area contributed by atoms with Crippen molar-refractivity contribution in [3.8, 4) is 6.07 Å². The summed E-state index contributed by atoms with van der Waals surface area (Å²) in [7, 11) is 5.42. The number of nitriles is 1. The van der Waals surface area contributed by atoms with Crippen molar-refractivity contribution in [1.29, 1.82) is 5.26 Å². The maximum absolute atomic E-state index is 8.82. The minimum Gasteiger partial charge on any atom is -0.240 e. The summed E-state index contributed by atoms with van der Waals surface area (Å²) in [5.41, 5.74) is 0.140. The van der Waals surface area contributed by atoms with Gasteiger partial charge in [-0.25, -0.2) is 9.97 Å². The molecule has 1 aromatic heterocycles. The van der Waals surface area contributed by atoms with Crippen LogP contribution in [0, 0.1) is 11.3 Å². The zero-order chi connectivity index (χ0) is 8.60. The Morgan fingerprint density at radius 3 is 2.42 bits per heavy atom. The fraction of sp³-hybridized carbons (Fsp3) is 0.375. The van der Waals surface area contributed by atoms with Gasteiger partial charge in [0.25, 0.3) is 0 Å². The molecule has 0 bridgehead atoms. The van der Waals surface area contributed by atoms with Gasteiger partial charge in [-0.05, 0) is 12.8 Å². The molecular weight excluding hydrogens is 149 g/mol. The van der Waals surface area contributed by atoms with Crippen LogP contribution in [0.4, 0.5) is 0 Å². The minimum absolute atomic E-state index is 0.395. The standard InChI is InChI=1S/C8H6BN3/c9-6-3-11-7(12-4-6)8(5-10)1-2-8/h3-4H,1-2H2. The quantitative estimate of drug-likeness (QED) is 0.528. The lowest BCUT2D eigenvalue weighted by molar-refractivity contribution is 0.799.